The molecular formula is C18H24N4OS. The Morgan fingerprint density at radius 1 is 1.21 bits per heavy atom. The standard InChI is InChI=1S/C18H24N4OS/c1-5-15-6-8-16(9-7-15)23-12-17-20-21-18(24-14(4)10-19)22(17)11-13(2)3/h6-9,13-14H,5,11-12H2,1-4H3. The molecule has 2 rings (SSSR count). The molecule has 128 valence electrons. The molecule has 0 spiro atoms. The normalized spacial score (nSPS) is 12.2. The molecule has 0 saturated carbocycles. The Balaban J connectivity index is 2.11. The zero-order chi connectivity index (χ0) is 17.5. The van der Waals surface area contributed by atoms with Crippen LogP contribution in [0.25, 0.3) is 0 Å². The van der Waals surface area contributed by atoms with Gasteiger partial charge in [0.05, 0.1) is 11.3 Å². The summed E-state index contributed by atoms with van der Waals surface area (Å²) in [6.45, 7) is 9.47. The summed E-state index contributed by atoms with van der Waals surface area (Å²) in [5, 5.41) is 18.1. The maximum atomic E-state index is 9.02. The van der Waals surface area contributed by atoms with Crippen LogP contribution in [-0.2, 0) is 19.6 Å². The minimum Gasteiger partial charge on any atom is -0.486 e. The second-order valence-corrected chi connectivity index (χ2v) is 7.39. The van der Waals surface area contributed by atoms with Gasteiger partial charge in [-0.1, -0.05) is 44.7 Å². The smallest absolute Gasteiger partial charge is 0.192 e. The van der Waals surface area contributed by atoms with Crippen LogP contribution in [0.4, 0.5) is 0 Å². The van der Waals surface area contributed by atoms with Crippen molar-refractivity contribution < 1.29 is 4.74 Å². The van der Waals surface area contributed by atoms with Crippen molar-refractivity contribution in [2.75, 3.05) is 0 Å². The molecule has 0 aliphatic rings. The Kier molecular flexibility index (Phi) is 6.68. The molecule has 5 nitrogen and oxygen atoms in total. The van der Waals surface area contributed by atoms with Gasteiger partial charge in [-0.3, -0.25) is 0 Å². The average Bonchev–Trinajstić information content (AvgIpc) is 2.94. The number of hydrogen-bond donors (Lipinski definition) is 0. The van der Waals surface area contributed by atoms with Crippen LogP contribution < -0.4 is 4.74 Å². The molecule has 0 aliphatic heterocycles. The predicted octanol–water partition coefficient (Wildman–Crippen LogP) is 4.08. The van der Waals surface area contributed by atoms with Crippen molar-refractivity contribution in [1.82, 2.24) is 14.8 Å². The molecule has 0 aliphatic carbocycles. The summed E-state index contributed by atoms with van der Waals surface area (Å²) in [6, 6.07) is 10.3. The van der Waals surface area contributed by atoms with Gasteiger partial charge in [0.25, 0.3) is 0 Å². The molecule has 0 N–H and O–H groups in total. The quantitative estimate of drug-likeness (QED) is 0.675. The highest BCUT2D eigenvalue weighted by Crippen LogP contribution is 2.23. The van der Waals surface area contributed by atoms with Gasteiger partial charge in [-0.25, -0.2) is 0 Å². The molecule has 0 saturated heterocycles. The first-order valence-corrected chi connectivity index (χ1v) is 9.11. The molecule has 1 aromatic heterocycles. The van der Waals surface area contributed by atoms with E-state index >= 15 is 0 Å². The van der Waals surface area contributed by atoms with Crippen molar-refractivity contribution in [3.63, 3.8) is 0 Å². The molecule has 1 aromatic carbocycles. The predicted molar refractivity (Wildman–Crippen MR) is 95.9 cm³/mol. The fourth-order valence-electron chi connectivity index (χ4n) is 2.22. The summed E-state index contributed by atoms with van der Waals surface area (Å²) in [5.74, 6) is 2.07. The molecule has 1 atom stereocenters. The minimum atomic E-state index is -0.157. The topological polar surface area (TPSA) is 63.7 Å². The molecule has 0 bridgehead atoms. The lowest BCUT2D eigenvalue weighted by Crippen LogP contribution is -2.12. The van der Waals surface area contributed by atoms with E-state index in [1.807, 2.05) is 19.1 Å². The molecule has 0 radical (unpaired) electrons. The fourth-order valence-corrected chi connectivity index (χ4v) is 2.98. The van der Waals surface area contributed by atoms with E-state index < -0.39 is 0 Å². The Morgan fingerprint density at radius 2 is 1.92 bits per heavy atom. The Labute approximate surface area is 148 Å². The van der Waals surface area contributed by atoms with E-state index in [0.29, 0.717) is 12.5 Å². The van der Waals surface area contributed by atoms with E-state index in [-0.39, 0.29) is 5.25 Å². The van der Waals surface area contributed by atoms with E-state index in [2.05, 4.69) is 53.7 Å². The van der Waals surface area contributed by atoms with E-state index in [1.54, 1.807) is 0 Å². The monoisotopic (exact) mass is 344 g/mol. The third-order valence-electron chi connectivity index (χ3n) is 3.50. The lowest BCUT2D eigenvalue weighted by atomic mass is 10.2. The summed E-state index contributed by atoms with van der Waals surface area (Å²) in [4.78, 5) is 0. The van der Waals surface area contributed by atoms with Gasteiger partial charge in [0, 0.05) is 6.54 Å². The Morgan fingerprint density at radius 3 is 2.50 bits per heavy atom. The summed E-state index contributed by atoms with van der Waals surface area (Å²) < 4.78 is 7.92. The number of ether oxygens (including phenoxy) is 1. The van der Waals surface area contributed by atoms with Crippen LogP contribution in [0.5, 0.6) is 5.75 Å². The van der Waals surface area contributed by atoms with Crippen molar-refractivity contribution in [1.29, 1.82) is 5.26 Å². The molecule has 6 heteroatoms. The van der Waals surface area contributed by atoms with E-state index in [4.69, 9.17) is 10.00 Å². The minimum absolute atomic E-state index is 0.157. The van der Waals surface area contributed by atoms with Crippen LogP contribution >= 0.6 is 11.8 Å². The highest BCUT2D eigenvalue weighted by atomic mass is 32.2. The first-order valence-electron chi connectivity index (χ1n) is 8.23. The molecule has 24 heavy (non-hydrogen) atoms. The van der Waals surface area contributed by atoms with Crippen LogP contribution in [0, 0.1) is 17.2 Å². The van der Waals surface area contributed by atoms with Crippen molar-refractivity contribution in [2.24, 2.45) is 5.92 Å². The number of rotatable bonds is 8. The van der Waals surface area contributed by atoms with Gasteiger partial charge in [0.2, 0.25) is 0 Å². The van der Waals surface area contributed by atoms with E-state index in [0.717, 1.165) is 29.7 Å². The Hall–Kier alpha value is -2.00. The number of hydrogen-bond acceptors (Lipinski definition) is 5. The van der Waals surface area contributed by atoms with Gasteiger partial charge in [-0.2, -0.15) is 5.26 Å². The summed E-state index contributed by atoms with van der Waals surface area (Å²) in [5.41, 5.74) is 1.29. The second kappa shape index (κ2) is 8.74. The molecule has 1 unspecified atom stereocenters. The number of nitriles is 1. The Bertz CT molecular complexity index is 688. The first kappa shape index (κ1) is 18.3. The van der Waals surface area contributed by atoms with Crippen LogP contribution in [0.15, 0.2) is 29.4 Å². The van der Waals surface area contributed by atoms with E-state index in [1.165, 1.54) is 17.3 Å². The summed E-state index contributed by atoms with van der Waals surface area (Å²) >= 11 is 1.43. The highest BCUT2D eigenvalue weighted by Gasteiger charge is 2.16. The van der Waals surface area contributed by atoms with Crippen molar-refractivity contribution >= 4 is 11.8 Å². The first-order chi connectivity index (χ1) is 11.5. The van der Waals surface area contributed by atoms with Crippen LogP contribution in [0.2, 0.25) is 0 Å². The van der Waals surface area contributed by atoms with Crippen LogP contribution in [0.3, 0.4) is 0 Å². The SMILES string of the molecule is CCc1ccc(OCc2nnc(SC(C)C#N)n2CC(C)C)cc1. The zero-order valence-electron chi connectivity index (χ0n) is 14.7. The van der Waals surface area contributed by atoms with Gasteiger partial charge in [0.15, 0.2) is 11.0 Å². The third-order valence-corrected chi connectivity index (χ3v) is 4.48. The van der Waals surface area contributed by atoms with Crippen LogP contribution in [0.1, 0.15) is 39.1 Å². The molecule has 0 fully saturated rings. The van der Waals surface area contributed by atoms with Gasteiger partial charge in [-0.05, 0) is 37.0 Å². The van der Waals surface area contributed by atoms with Crippen LogP contribution in [-0.4, -0.2) is 20.0 Å². The number of aromatic nitrogens is 3. The number of aryl methyl sites for hydroxylation is 1. The lowest BCUT2D eigenvalue weighted by molar-refractivity contribution is 0.284. The molecular weight excluding hydrogens is 320 g/mol. The molecule has 1 heterocycles. The van der Waals surface area contributed by atoms with Gasteiger partial charge < -0.3 is 9.30 Å². The van der Waals surface area contributed by atoms with Gasteiger partial charge >= 0.3 is 0 Å². The number of thioether (sulfide) groups is 1. The third kappa shape index (κ3) is 5.00. The highest BCUT2D eigenvalue weighted by molar-refractivity contribution is 8.00. The molecule has 2 aromatic rings. The van der Waals surface area contributed by atoms with Gasteiger partial charge in [-0.15, -0.1) is 10.2 Å². The summed E-state index contributed by atoms with van der Waals surface area (Å²) in [7, 11) is 0. The van der Waals surface area contributed by atoms with Crippen molar-refractivity contribution in [3.05, 3.63) is 35.7 Å². The maximum Gasteiger partial charge on any atom is 0.192 e. The van der Waals surface area contributed by atoms with E-state index in [9.17, 15) is 0 Å². The number of nitrogens with zero attached hydrogens (tertiary/aromatic N) is 4. The van der Waals surface area contributed by atoms with Crippen molar-refractivity contribution in [3.8, 4) is 11.8 Å². The lowest BCUT2D eigenvalue weighted by Gasteiger charge is -2.13. The zero-order valence-corrected chi connectivity index (χ0v) is 15.5. The van der Waals surface area contributed by atoms with Gasteiger partial charge in [0.1, 0.15) is 12.4 Å². The molecule has 0 amide bonds. The summed E-state index contributed by atoms with van der Waals surface area (Å²) in [6.07, 6.45) is 1.01. The number of benzene rings is 1. The fraction of sp³-hybridized carbons (Fsp3) is 0.500. The maximum absolute atomic E-state index is 9.02. The largest absolute Gasteiger partial charge is 0.486 e. The average molecular weight is 344 g/mol. The van der Waals surface area contributed by atoms with Crippen molar-refractivity contribution in [2.45, 2.75) is 57.7 Å². The second-order valence-electron chi connectivity index (χ2n) is 6.08.